The number of phenolic OH excluding ortho intramolecular Hbond substituents is 1. The van der Waals surface area contributed by atoms with Crippen LogP contribution in [0.15, 0.2) is 30.3 Å². The van der Waals surface area contributed by atoms with E-state index in [0.29, 0.717) is 34.8 Å². The molecule has 0 spiro atoms. The molecule has 1 unspecified atom stereocenters. The molecule has 1 heterocycles. The molecule has 34 heavy (non-hydrogen) atoms. The highest BCUT2D eigenvalue weighted by molar-refractivity contribution is 6.34. The van der Waals surface area contributed by atoms with Crippen molar-refractivity contribution in [1.29, 1.82) is 0 Å². The molecule has 0 bridgehead atoms. The molecule has 0 aliphatic carbocycles. The maximum Gasteiger partial charge on any atom is 0.305 e. The molecule has 3 aromatic rings. The van der Waals surface area contributed by atoms with E-state index in [0.717, 1.165) is 43.2 Å². The normalized spacial score (nSPS) is 12.8. The number of hydrogen-bond acceptors (Lipinski definition) is 5. The number of carbonyl (C=O) groups is 1. The zero-order chi connectivity index (χ0) is 24.9. The molecule has 0 radical (unpaired) electrons. The number of ether oxygens (including phenoxy) is 1. The van der Waals surface area contributed by atoms with Gasteiger partial charge in [-0.3, -0.25) is 4.79 Å². The van der Waals surface area contributed by atoms with Crippen molar-refractivity contribution >= 4 is 28.6 Å². The minimum Gasteiger partial charge on any atom is -0.505 e. The molecule has 6 nitrogen and oxygen atoms in total. The molecule has 0 aliphatic heterocycles. The molecule has 0 aliphatic rings. The number of esters is 1. The molecule has 0 fully saturated rings. The number of benzene rings is 2. The number of phenols is 1. The number of aromatic nitrogens is 3. The lowest BCUT2D eigenvalue weighted by Crippen LogP contribution is -2.16. The van der Waals surface area contributed by atoms with Crippen LogP contribution in [0.3, 0.4) is 0 Å². The first-order chi connectivity index (χ1) is 16.2. The summed E-state index contributed by atoms with van der Waals surface area (Å²) in [6, 6.07) is 9.53. The first-order valence-electron chi connectivity index (χ1n) is 12.2. The second-order valence-electron chi connectivity index (χ2n) is 9.84. The lowest BCUT2D eigenvalue weighted by molar-refractivity contribution is -0.143. The van der Waals surface area contributed by atoms with Crippen LogP contribution < -0.4 is 0 Å². The van der Waals surface area contributed by atoms with Crippen LogP contribution in [0.4, 0.5) is 0 Å². The van der Waals surface area contributed by atoms with Crippen LogP contribution in [-0.4, -0.2) is 32.7 Å². The third-order valence-corrected chi connectivity index (χ3v) is 6.45. The van der Waals surface area contributed by atoms with Crippen LogP contribution in [0.5, 0.6) is 5.75 Å². The summed E-state index contributed by atoms with van der Waals surface area (Å²) in [5.41, 5.74) is 3.42. The van der Waals surface area contributed by atoms with E-state index >= 15 is 0 Å². The Labute approximate surface area is 207 Å². The number of hydrogen-bond donors (Lipinski definition) is 1. The summed E-state index contributed by atoms with van der Waals surface area (Å²) in [4.78, 5) is 13.2. The van der Waals surface area contributed by atoms with Gasteiger partial charge in [-0.15, -0.1) is 15.0 Å². The number of fused-ring (bicyclic) bond motifs is 1. The molecule has 1 atom stereocenters. The van der Waals surface area contributed by atoms with Gasteiger partial charge in [-0.25, -0.2) is 0 Å². The average Bonchev–Trinajstić information content (AvgIpc) is 3.23. The van der Waals surface area contributed by atoms with Gasteiger partial charge in [-0.1, -0.05) is 77.6 Å². The van der Waals surface area contributed by atoms with E-state index in [1.807, 2.05) is 18.2 Å². The lowest BCUT2D eigenvalue weighted by atomic mass is 9.81. The Morgan fingerprint density at radius 1 is 1.15 bits per heavy atom. The van der Waals surface area contributed by atoms with Gasteiger partial charge in [0.25, 0.3) is 0 Å². The Morgan fingerprint density at radius 2 is 1.91 bits per heavy atom. The number of carbonyl (C=O) groups excluding carboxylic acids is 1. The smallest absolute Gasteiger partial charge is 0.305 e. The molecule has 0 saturated carbocycles. The Hall–Kier alpha value is -2.60. The number of unbranched alkanes of at least 4 members (excludes halogenated alkanes) is 2. The van der Waals surface area contributed by atoms with Crippen molar-refractivity contribution in [2.45, 2.75) is 84.5 Å². The molecule has 0 saturated heterocycles. The first-order valence-corrected chi connectivity index (χ1v) is 12.6. The van der Waals surface area contributed by atoms with Crippen molar-refractivity contribution < 1.29 is 14.6 Å². The van der Waals surface area contributed by atoms with Gasteiger partial charge < -0.3 is 9.84 Å². The summed E-state index contributed by atoms with van der Waals surface area (Å²) in [5.74, 6) is 0.168. The van der Waals surface area contributed by atoms with E-state index in [9.17, 15) is 9.90 Å². The van der Waals surface area contributed by atoms with Crippen LogP contribution in [0, 0.1) is 0 Å². The Bertz CT molecular complexity index is 1130. The monoisotopic (exact) mass is 485 g/mol. The summed E-state index contributed by atoms with van der Waals surface area (Å²) in [6.07, 6.45) is 5.45. The van der Waals surface area contributed by atoms with Crippen molar-refractivity contribution in [2.75, 3.05) is 6.61 Å². The van der Waals surface area contributed by atoms with Crippen LogP contribution in [0.2, 0.25) is 5.02 Å². The fourth-order valence-corrected chi connectivity index (χ4v) is 4.35. The molecular formula is C27H36ClN3O3. The minimum atomic E-state index is -0.290. The molecule has 2 aromatic carbocycles. The van der Waals surface area contributed by atoms with E-state index in [1.165, 1.54) is 4.80 Å². The molecule has 3 rings (SSSR count). The summed E-state index contributed by atoms with van der Waals surface area (Å²) in [7, 11) is 0. The highest BCUT2D eigenvalue weighted by atomic mass is 35.5. The quantitative estimate of drug-likeness (QED) is 0.245. The zero-order valence-electron chi connectivity index (χ0n) is 20.9. The second kappa shape index (κ2) is 11.2. The summed E-state index contributed by atoms with van der Waals surface area (Å²) in [6.45, 7) is 10.6. The fraction of sp³-hybridized carbons (Fsp3) is 0.519. The largest absolute Gasteiger partial charge is 0.505 e. The van der Waals surface area contributed by atoms with Crippen molar-refractivity contribution in [3.63, 3.8) is 0 Å². The third-order valence-electron chi connectivity index (χ3n) is 6.14. The predicted octanol–water partition coefficient (Wildman–Crippen LogP) is 7.08. The lowest BCUT2D eigenvalue weighted by Gasteiger charge is -2.26. The van der Waals surface area contributed by atoms with Gasteiger partial charge in [0.15, 0.2) is 0 Å². The molecular weight excluding hydrogens is 450 g/mol. The van der Waals surface area contributed by atoms with Gasteiger partial charge in [-0.05, 0) is 47.9 Å². The van der Waals surface area contributed by atoms with Crippen LogP contribution in [-0.2, 0) is 14.9 Å². The highest BCUT2D eigenvalue weighted by Crippen LogP contribution is 2.40. The van der Waals surface area contributed by atoms with E-state index in [4.69, 9.17) is 16.3 Å². The van der Waals surface area contributed by atoms with Gasteiger partial charge >= 0.3 is 5.97 Å². The average molecular weight is 486 g/mol. The highest BCUT2D eigenvalue weighted by Gasteiger charge is 2.25. The third kappa shape index (κ3) is 6.09. The van der Waals surface area contributed by atoms with Crippen LogP contribution in [0.25, 0.3) is 16.7 Å². The van der Waals surface area contributed by atoms with Crippen LogP contribution >= 0.6 is 11.6 Å². The van der Waals surface area contributed by atoms with Gasteiger partial charge in [0.2, 0.25) is 0 Å². The maximum atomic E-state index is 11.7. The van der Waals surface area contributed by atoms with Crippen molar-refractivity contribution in [3.8, 4) is 11.4 Å². The van der Waals surface area contributed by atoms with Crippen LogP contribution in [0.1, 0.15) is 90.2 Å². The minimum absolute atomic E-state index is 0.164. The fourth-order valence-electron chi connectivity index (χ4n) is 4.15. The van der Waals surface area contributed by atoms with E-state index in [2.05, 4.69) is 44.0 Å². The number of nitrogens with zero attached hydrogens (tertiary/aromatic N) is 3. The SMILES string of the molecule is CCCCCC(CCOC(=O)CC)c1cc(-n2nc3cccc(Cl)c3n2)c(O)c(C(C)(C)C)c1. The Balaban J connectivity index is 2.07. The second-order valence-corrected chi connectivity index (χ2v) is 10.2. The van der Waals surface area contributed by atoms with Crippen molar-refractivity contribution in [3.05, 3.63) is 46.5 Å². The summed E-state index contributed by atoms with van der Waals surface area (Å²) >= 11 is 6.33. The van der Waals surface area contributed by atoms with Crippen molar-refractivity contribution in [2.24, 2.45) is 0 Å². The Kier molecular flexibility index (Phi) is 8.58. The molecule has 1 N–H and O–H groups in total. The molecule has 1 aromatic heterocycles. The zero-order valence-corrected chi connectivity index (χ0v) is 21.7. The van der Waals surface area contributed by atoms with Gasteiger partial charge in [0.1, 0.15) is 22.5 Å². The number of rotatable bonds is 10. The van der Waals surface area contributed by atoms with Crippen molar-refractivity contribution in [1.82, 2.24) is 15.0 Å². The number of aromatic hydroxyl groups is 1. The van der Waals surface area contributed by atoms with E-state index in [-0.39, 0.29) is 23.1 Å². The van der Waals surface area contributed by atoms with Gasteiger partial charge in [0, 0.05) is 12.0 Å². The van der Waals surface area contributed by atoms with Gasteiger partial charge in [-0.2, -0.15) is 0 Å². The summed E-state index contributed by atoms with van der Waals surface area (Å²) in [5, 5.41) is 21.0. The van der Waals surface area contributed by atoms with E-state index < -0.39 is 0 Å². The Morgan fingerprint density at radius 3 is 2.56 bits per heavy atom. The van der Waals surface area contributed by atoms with E-state index in [1.54, 1.807) is 13.0 Å². The number of halogens is 1. The first kappa shape index (κ1) is 26.0. The standard InChI is InChI=1S/C27H36ClN3O3/c1-6-8-9-11-18(14-15-34-24(32)7-2)19-16-20(27(3,4)5)26(33)23(17-19)31-29-22-13-10-12-21(28)25(22)30-31/h10,12-13,16-18,33H,6-9,11,14-15H2,1-5H3. The molecule has 184 valence electrons. The van der Waals surface area contributed by atoms with Gasteiger partial charge in [0.05, 0.1) is 11.6 Å². The molecule has 0 amide bonds. The summed E-state index contributed by atoms with van der Waals surface area (Å²) < 4.78 is 5.41. The maximum absolute atomic E-state index is 11.7. The predicted molar refractivity (Wildman–Crippen MR) is 137 cm³/mol. The molecule has 7 heteroatoms. The topological polar surface area (TPSA) is 77.2 Å².